The Morgan fingerprint density at radius 1 is 1.12 bits per heavy atom. The average Bonchev–Trinajstić information content (AvgIpc) is 2.56. The van der Waals surface area contributed by atoms with Gasteiger partial charge in [-0.2, -0.15) is 0 Å². The standard InChI is InChI=1S/C18H22FNO3S/c1-3-23-16-8-6-15(7-9-16)5-4-12-20-24(21,22)17-10-11-18(19)14(2)13-17/h6-11,13,20H,3-5,12H2,1-2H3. The van der Waals surface area contributed by atoms with Crippen LogP contribution in [0.4, 0.5) is 4.39 Å². The van der Waals surface area contributed by atoms with Crippen molar-refractivity contribution < 1.29 is 17.5 Å². The fourth-order valence-electron chi connectivity index (χ4n) is 2.29. The van der Waals surface area contributed by atoms with E-state index in [9.17, 15) is 12.8 Å². The summed E-state index contributed by atoms with van der Waals surface area (Å²) in [6, 6.07) is 11.5. The second kappa shape index (κ2) is 8.26. The minimum atomic E-state index is -3.60. The van der Waals surface area contributed by atoms with Crippen LogP contribution in [-0.2, 0) is 16.4 Å². The molecule has 0 fully saturated rings. The lowest BCUT2D eigenvalue weighted by atomic mass is 10.1. The van der Waals surface area contributed by atoms with Gasteiger partial charge in [-0.25, -0.2) is 17.5 Å². The summed E-state index contributed by atoms with van der Waals surface area (Å²) in [7, 11) is -3.60. The molecule has 0 amide bonds. The third-order valence-corrected chi connectivity index (χ3v) is 5.07. The predicted molar refractivity (Wildman–Crippen MR) is 92.3 cm³/mol. The van der Waals surface area contributed by atoms with Gasteiger partial charge in [0.05, 0.1) is 11.5 Å². The Bertz CT molecular complexity index is 773. The zero-order chi connectivity index (χ0) is 17.6. The van der Waals surface area contributed by atoms with Crippen LogP contribution in [0.25, 0.3) is 0 Å². The first-order valence-corrected chi connectivity index (χ1v) is 9.38. The van der Waals surface area contributed by atoms with Gasteiger partial charge in [-0.3, -0.25) is 0 Å². The molecule has 0 spiro atoms. The lowest BCUT2D eigenvalue weighted by Gasteiger charge is -2.08. The van der Waals surface area contributed by atoms with E-state index in [2.05, 4.69) is 4.72 Å². The van der Waals surface area contributed by atoms with Gasteiger partial charge in [0.2, 0.25) is 10.0 Å². The van der Waals surface area contributed by atoms with Crippen molar-refractivity contribution in [3.63, 3.8) is 0 Å². The van der Waals surface area contributed by atoms with E-state index in [1.807, 2.05) is 31.2 Å². The topological polar surface area (TPSA) is 55.4 Å². The Balaban J connectivity index is 1.85. The summed E-state index contributed by atoms with van der Waals surface area (Å²) in [4.78, 5) is 0.0856. The molecule has 0 saturated heterocycles. The highest BCUT2D eigenvalue weighted by Crippen LogP contribution is 2.15. The molecule has 0 bridgehead atoms. The Hall–Kier alpha value is -1.92. The van der Waals surface area contributed by atoms with Gasteiger partial charge >= 0.3 is 0 Å². The zero-order valence-corrected chi connectivity index (χ0v) is 14.7. The van der Waals surface area contributed by atoms with Crippen LogP contribution in [0.2, 0.25) is 0 Å². The molecule has 0 aliphatic carbocycles. The fraction of sp³-hybridized carbons (Fsp3) is 0.333. The average molecular weight is 351 g/mol. The molecular weight excluding hydrogens is 329 g/mol. The third-order valence-electron chi connectivity index (χ3n) is 3.61. The van der Waals surface area contributed by atoms with Crippen LogP contribution in [0.3, 0.4) is 0 Å². The summed E-state index contributed by atoms with van der Waals surface area (Å²) >= 11 is 0. The Morgan fingerprint density at radius 3 is 2.46 bits per heavy atom. The van der Waals surface area contributed by atoms with E-state index in [1.54, 1.807) is 6.92 Å². The van der Waals surface area contributed by atoms with E-state index < -0.39 is 15.8 Å². The van der Waals surface area contributed by atoms with Gasteiger partial charge in [-0.1, -0.05) is 12.1 Å². The SMILES string of the molecule is CCOc1ccc(CCCNS(=O)(=O)c2ccc(F)c(C)c2)cc1. The van der Waals surface area contributed by atoms with Gasteiger partial charge in [0.1, 0.15) is 11.6 Å². The third kappa shape index (κ3) is 5.04. The quantitative estimate of drug-likeness (QED) is 0.741. The largest absolute Gasteiger partial charge is 0.494 e. The van der Waals surface area contributed by atoms with Crippen molar-refractivity contribution in [1.82, 2.24) is 4.72 Å². The van der Waals surface area contributed by atoms with Gasteiger partial charge in [-0.15, -0.1) is 0 Å². The number of rotatable bonds is 8. The molecule has 2 aromatic carbocycles. The second-order valence-electron chi connectivity index (χ2n) is 5.49. The molecule has 0 heterocycles. The maximum Gasteiger partial charge on any atom is 0.240 e. The van der Waals surface area contributed by atoms with Crippen molar-refractivity contribution in [3.8, 4) is 5.75 Å². The van der Waals surface area contributed by atoms with Crippen LogP contribution in [0, 0.1) is 12.7 Å². The van der Waals surface area contributed by atoms with Crippen LogP contribution < -0.4 is 9.46 Å². The first kappa shape index (κ1) is 18.4. The number of hydrogen-bond donors (Lipinski definition) is 1. The lowest BCUT2D eigenvalue weighted by molar-refractivity contribution is 0.340. The minimum absolute atomic E-state index is 0.0856. The molecule has 1 N–H and O–H groups in total. The van der Waals surface area contributed by atoms with Gasteiger partial charge < -0.3 is 4.74 Å². The molecule has 0 aromatic heterocycles. The maximum absolute atomic E-state index is 13.2. The monoisotopic (exact) mass is 351 g/mol. The van der Waals surface area contributed by atoms with Gasteiger partial charge in [0.15, 0.2) is 0 Å². The van der Waals surface area contributed by atoms with Crippen molar-refractivity contribution in [2.45, 2.75) is 31.6 Å². The van der Waals surface area contributed by atoms with Crippen molar-refractivity contribution in [2.75, 3.05) is 13.2 Å². The number of hydrogen-bond acceptors (Lipinski definition) is 3. The summed E-state index contributed by atoms with van der Waals surface area (Å²) in [6.07, 6.45) is 1.44. The van der Waals surface area contributed by atoms with Crippen molar-refractivity contribution >= 4 is 10.0 Å². The van der Waals surface area contributed by atoms with Gasteiger partial charge in [0.25, 0.3) is 0 Å². The lowest BCUT2D eigenvalue weighted by Crippen LogP contribution is -2.25. The smallest absolute Gasteiger partial charge is 0.240 e. The van der Waals surface area contributed by atoms with Crippen LogP contribution in [0.5, 0.6) is 5.75 Å². The summed E-state index contributed by atoms with van der Waals surface area (Å²) in [5.74, 6) is 0.415. The molecule has 0 unspecified atom stereocenters. The van der Waals surface area contributed by atoms with Crippen LogP contribution >= 0.6 is 0 Å². The molecule has 2 rings (SSSR count). The first-order chi connectivity index (χ1) is 11.4. The number of benzene rings is 2. The summed E-state index contributed by atoms with van der Waals surface area (Å²) < 4.78 is 45.5. The van der Waals surface area contributed by atoms with Crippen LogP contribution in [-0.4, -0.2) is 21.6 Å². The highest BCUT2D eigenvalue weighted by atomic mass is 32.2. The zero-order valence-electron chi connectivity index (χ0n) is 13.9. The molecular formula is C18H22FNO3S. The summed E-state index contributed by atoms with van der Waals surface area (Å²) in [6.45, 7) is 4.43. The molecule has 0 aliphatic heterocycles. The first-order valence-electron chi connectivity index (χ1n) is 7.90. The van der Waals surface area contributed by atoms with Crippen molar-refractivity contribution in [1.29, 1.82) is 0 Å². The van der Waals surface area contributed by atoms with Gasteiger partial charge in [-0.05, 0) is 68.1 Å². The molecule has 0 atom stereocenters. The Labute approximate surface area is 142 Å². The van der Waals surface area contributed by atoms with E-state index in [0.717, 1.165) is 17.7 Å². The Morgan fingerprint density at radius 2 is 1.83 bits per heavy atom. The molecule has 0 saturated carbocycles. The number of nitrogens with one attached hydrogen (secondary N) is 1. The van der Waals surface area contributed by atoms with Crippen LogP contribution in [0.1, 0.15) is 24.5 Å². The highest BCUT2D eigenvalue weighted by molar-refractivity contribution is 7.89. The molecule has 0 aliphatic rings. The van der Waals surface area contributed by atoms with E-state index in [0.29, 0.717) is 25.1 Å². The van der Waals surface area contributed by atoms with E-state index in [4.69, 9.17) is 4.74 Å². The molecule has 2 aromatic rings. The van der Waals surface area contributed by atoms with E-state index in [1.165, 1.54) is 18.2 Å². The molecule has 4 nitrogen and oxygen atoms in total. The normalized spacial score (nSPS) is 11.5. The van der Waals surface area contributed by atoms with E-state index in [-0.39, 0.29) is 4.90 Å². The minimum Gasteiger partial charge on any atom is -0.494 e. The summed E-state index contributed by atoms with van der Waals surface area (Å²) in [5.41, 5.74) is 1.43. The van der Waals surface area contributed by atoms with Crippen molar-refractivity contribution in [3.05, 3.63) is 59.4 Å². The molecule has 6 heteroatoms. The number of aryl methyl sites for hydroxylation is 2. The number of halogens is 1. The number of sulfonamides is 1. The van der Waals surface area contributed by atoms with E-state index >= 15 is 0 Å². The maximum atomic E-state index is 13.2. The molecule has 0 radical (unpaired) electrons. The molecule has 130 valence electrons. The summed E-state index contributed by atoms with van der Waals surface area (Å²) in [5, 5.41) is 0. The molecule has 24 heavy (non-hydrogen) atoms. The fourth-order valence-corrected chi connectivity index (χ4v) is 3.44. The highest BCUT2D eigenvalue weighted by Gasteiger charge is 2.14. The van der Waals surface area contributed by atoms with Crippen molar-refractivity contribution in [2.24, 2.45) is 0 Å². The number of ether oxygens (including phenoxy) is 1. The Kier molecular flexibility index (Phi) is 6.34. The van der Waals surface area contributed by atoms with Crippen LogP contribution in [0.15, 0.2) is 47.4 Å². The van der Waals surface area contributed by atoms with Gasteiger partial charge in [0, 0.05) is 6.54 Å². The predicted octanol–water partition coefficient (Wildman–Crippen LogP) is 3.44. The second-order valence-corrected chi connectivity index (χ2v) is 7.26.